The Kier molecular flexibility index (Phi) is 9.00. The van der Waals surface area contributed by atoms with Gasteiger partial charge in [0.25, 0.3) is 0 Å². The van der Waals surface area contributed by atoms with Gasteiger partial charge >= 0.3 is 0 Å². The van der Waals surface area contributed by atoms with Gasteiger partial charge in [-0.3, -0.25) is 4.79 Å². The summed E-state index contributed by atoms with van der Waals surface area (Å²) in [5.74, 6) is 0.437. The summed E-state index contributed by atoms with van der Waals surface area (Å²) < 4.78 is 5.38. The first-order valence-electron chi connectivity index (χ1n) is 10.4. The van der Waals surface area contributed by atoms with Gasteiger partial charge in [0.05, 0.1) is 18.0 Å². The SMILES string of the molecule is CCC(Sc1cccc(NC(=S)Nc2ccccc2)c1)C(=O)Nc1cc(C)c(Cl)cc1OC. The fourth-order valence-electron chi connectivity index (χ4n) is 3.09. The number of rotatable bonds is 8. The molecule has 172 valence electrons. The van der Waals surface area contributed by atoms with Crippen LogP contribution in [0.15, 0.2) is 71.6 Å². The van der Waals surface area contributed by atoms with Gasteiger partial charge in [-0.15, -0.1) is 11.8 Å². The highest BCUT2D eigenvalue weighted by atomic mass is 35.5. The van der Waals surface area contributed by atoms with Crippen LogP contribution in [0.4, 0.5) is 17.1 Å². The normalized spacial score (nSPS) is 11.4. The molecule has 3 rings (SSSR count). The van der Waals surface area contributed by atoms with Gasteiger partial charge in [0, 0.05) is 27.4 Å². The number of aryl methyl sites for hydroxylation is 1. The van der Waals surface area contributed by atoms with Crippen molar-refractivity contribution >= 4 is 63.7 Å². The van der Waals surface area contributed by atoms with E-state index in [1.807, 2.05) is 74.5 Å². The number of halogens is 1. The van der Waals surface area contributed by atoms with Crippen molar-refractivity contribution in [1.29, 1.82) is 0 Å². The monoisotopic (exact) mass is 499 g/mol. The lowest BCUT2D eigenvalue weighted by atomic mass is 10.2. The number of para-hydroxylation sites is 1. The number of hydrogen-bond acceptors (Lipinski definition) is 4. The molecule has 0 aliphatic heterocycles. The smallest absolute Gasteiger partial charge is 0.237 e. The predicted octanol–water partition coefficient (Wildman–Crippen LogP) is 6.98. The zero-order valence-electron chi connectivity index (χ0n) is 18.6. The number of anilines is 3. The first-order valence-corrected chi connectivity index (χ1v) is 12.1. The molecule has 33 heavy (non-hydrogen) atoms. The number of ether oxygens (including phenoxy) is 1. The van der Waals surface area contributed by atoms with Crippen LogP contribution in [0, 0.1) is 6.92 Å². The minimum absolute atomic E-state index is 0.0952. The van der Waals surface area contributed by atoms with Gasteiger partial charge in [0.2, 0.25) is 5.91 Å². The van der Waals surface area contributed by atoms with E-state index in [2.05, 4.69) is 16.0 Å². The van der Waals surface area contributed by atoms with Gasteiger partial charge in [0.1, 0.15) is 5.75 Å². The lowest BCUT2D eigenvalue weighted by Crippen LogP contribution is -2.25. The number of benzene rings is 3. The third-order valence-electron chi connectivity index (χ3n) is 4.80. The molecule has 3 aromatic rings. The molecule has 0 aromatic heterocycles. The van der Waals surface area contributed by atoms with Crippen molar-refractivity contribution in [3.8, 4) is 5.75 Å². The van der Waals surface area contributed by atoms with Gasteiger partial charge in [-0.2, -0.15) is 0 Å². The van der Waals surface area contributed by atoms with E-state index >= 15 is 0 Å². The van der Waals surface area contributed by atoms with E-state index in [0.29, 0.717) is 28.0 Å². The largest absolute Gasteiger partial charge is 0.495 e. The van der Waals surface area contributed by atoms with Crippen LogP contribution >= 0.6 is 35.6 Å². The Morgan fingerprint density at radius 2 is 1.73 bits per heavy atom. The average molecular weight is 500 g/mol. The molecule has 5 nitrogen and oxygen atoms in total. The molecule has 1 unspecified atom stereocenters. The van der Waals surface area contributed by atoms with Crippen LogP contribution in [0.25, 0.3) is 0 Å². The Morgan fingerprint density at radius 3 is 2.42 bits per heavy atom. The molecule has 0 radical (unpaired) electrons. The van der Waals surface area contributed by atoms with Gasteiger partial charge < -0.3 is 20.7 Å². The van der Waals surface area contributed by atoms with Crippen molar-refractivity contribution in [3.63, 3.8) is 0 Å². The molecule has 0 fully saturated rings. The van der Waals surface area contributed by atoms with E-state index in [4.69, 9.17) is 28.6 Å². The molecule has 3 aromatic carbocycles. The molecule has 8 heteroatoms. The highest BCUT2D eigenvalue weighted by Gasteiger charge is 2.20. The number of methoxy groups -OCH3 is 1. The second-order valence-electron chi connectivity index (χ2n) is 7.28. The van der Waals surface area contributed by atoms with Crippen molar-refractivity contribution < 1.29 is 9.53 Å². The zero-order chi connectivity index (χ0) is 23.8. The maximum Gasteiger partial charge on any atom is 0.237 e. The fourth-order valence-corrected chi connectivity index (χ4v) is 4.49. The number of carbonyl (C=O) groups excluding carboxylic acids is 1. The Bertz CT molecular complexity index is 1130. The molecule has 0 aliphatic carbocycles. The van der Waals surface area contributed by atoms with Crippen LogP contribution in [-0.4, -0.2) is 23.4 Å². The quantitative estimate of drug-likeness (QED) is 0.229. The number of thiocarbonyl (C=S) groups is 1. The van der Waals surface area contributed by atoms with Crippen LogP contribution in [0.1, 0.15) is 18.9 Å². The number of thioether (sulfide) groups is 1. The minimum atomic E-state index is -0.282. The molecule has 0 aliphatic rings. The first kappa shape index (κ1) is 24.9. The van der Waals surface area contributed by atoms with Crippen molar-refractivity contribution in [3.05, 3.63) is 77.3 Å². The summed E-state index contributed by atoms with van der Waals surface area (Å²) in [6.45, 7) is 3.88. The van der Waals surface area contributed by atoms with Crippen molar-refractivity contribution in [2.75, 3.05) is 23.1 Å². The number of amides is 1. The Balaban J connectivity index is 1.66. The second kappa shape index (κ2) is 11.9. The van der Waals surface area contributed by atoms with Gasteiger partial charge in [-0.05, 0) is 67.5 Å². The summed E-state index contributed by atoms with van der Waals surface area (Å²) in [6, 6.07) is 21.1. The van der Waals surface area contributed by atoms with Crippen LogP contribution < -0.4 is 20.7 Å². The maximum atomic E-state index is 13.0. The Hall–Kier alpha value is -2.74. The highest BCUT2D eigenvalue weighted by molar-refractivity contribution is 8.00. The van der Waals surface area contributed by atoms with E-state index < -0.39 is 0 Å². The Labute approximate surface area is 209 Å². The maximum absolute atomic E-state index is 13.0. The first-order chi connectivity index (χ1) is 15.9. The summed E-state index contributed by atoms with van der Waals surface area (Å²) in [4.78, 5) is 14.0. The summed E-state index contributed by atoms with van der Waals surface area (Å²) in [7, 11) is 1.55. The molecule has 1 amide bonds. The van der Waals surface area contributed by atoms with E-state index in [1.165, 1.54) is 11.8 Å². The van der Waals surface area contributed by atoms with E-state index in [0.717, 1.165) is 21.8 Å². The summed E-state index contributed by atoms with van der Waals surface area (Å²) in [5.41, 5.74) is 3.23. The van der Waals surface area contributed by atoms with Crippen LogP contribution in [0.2, 0.25) is 5.02 Å². The van der Waals surface area contributed by atoms with Crippen molar-refractivity contribution in [2.45, 2.75) is 30.4 Å². The summed E-state index contributed by atoms with van der Waals surface area (Å²) >= 11 is 13.1. The highest BCUT2D eigenvalue weighted by Crippen LogP contribution is 2.33. The van der Waals surface area contributed by atoms with Crippen molar-refractivity contribution in [1.82, 2.24) is 0 Å². The van der Waals surface area contributed by atoms with Crippen molar-refractivity contribution in [2.24, 2.45) is 0 Å². The predicted molar refractivity (Wildman–Crippen MR) is 144 cm³/mol. The molecule has 0 bridgehead atoms. The molecule has 0 saturated carbocycles. The lowest BCUT2D eigenvalue weighted by molar-refractivity contribution is -0.115. The molecule has 3 N–H and O–H groups in total. The van der Waals surface area contributed by atoms with Gasteiger partial charge in [0.15, 0.2) is 5.11 Å². The number of hydrogen-bond donors (Lipinski definition) is 3. The van der Waals surface area contributed by atoms with Crippen LogP contribution in [0.5, 0.6) is 5.75 Å². The number of carbonyl (C=O) groups is 1. The van der Waals surface area contributed by atoms with Gasteiger partial charge in [-0.25, -0.2) is 0 Å². The third kappa shape index (κ3) is 7.12. The van der Waals surface area contributed by atoms with Crippen LogP contribution in [0.3, 0.4) is 0 Å². The molecule has 1 atom stereocenters. The summed E-state index contributed by atoms with van der Waals surface area (Å²) in [5, 5.41) is 10.1. The molecular weight excluding hydrogens is 474 g/mol. The Morgan fingerprint density at radius 1 is 1.03 bits per heavy atom. The van der Waals surface area contributed by atoms with E-state index in [1.54, 1.807) is 13.2 Å². The molecule has 0 spiro atoms. The second-order valence-corrected chi connectivity index (χ2v) is 9.37. The lowest BCUT2D eigenvalue weighted by Gasteiger charge is -2.18. The van der Waals surface area contributed by atoms with E-state index in [-0.39, 0.29) is 11.2 Å². The van der Waals surface area contributed by atoms with Gasteiger partial charge in [-0.1, -0.05) is 42.8 Å². The topological polar surface area (TPSA) is 62.4 Å². The van der Waals surface area contributed by atoms with E-state index in [9.17, 15) is 4.79 Å². The standard InChI is InChI=1S/C25H26ClN3O2S2/c1-4-23(24(30)29-21-13-16(2)20(26)15-22(21)31-3)33-19-12-8-11-18(14-19)28-25(32)27-17-9-6-5-7-10-17/h5-15,23H,4H2,1-3H3,(H,29,30)(H2,27,28,32). The third-order valence-corrected chi connectivity index (χ3v) is 6.77. The molecular formula is C25H26ClN3O2S2. The zero-order valence-corrected chi connectivity index (χ0v) is 21.0. The average Bonchev–Trinajstić information content (AvgIpc) is 2.80. The fraction of sp³-hybridized carbons (Fsp3) is 0.200. The molecule has 0 heterocycles. The van der Waals surface area contributed by atoms with Crippen LogP contribution in [-0.2, 0) is 4.79 Å². The molecule has 0 saturated heterocycles. The minimum Gasteiger partial charge on any atom is -0.495 e. The number of nitrogens with one attached hydrogen (secondary N) is 3. The summed E-state index contributed by atoms with van der Waals surface area (Å²) in [6.07, 6.45) is 0.664.